The van der Waals surface area contributed by atoms with E-state index in [9.17, 15) is 9.18 Å². The molecule has 0 N–H and O–H groups in total. The molecule has 0 fully saturated rings. The summed E-state index contributed by atoms with van der Waals surface area (Å²) in [4.78, 5) is 26.2. The fourth-order valence-corrected chi connectivity index (χ4v) is 2.76. The van der Waals surface area contributed by atoms with Gasteiger partial charge in [-0.25, -0.2) is 19.0 Å². The van der Waals surface area contributed by atoms with Crippen molar-refractivity contribution < 1.29 is 9.18 Å². The molecule has 0 aromatic carbocycles. The van der Waals surface area contributed by atoms with Crippen LogP contribution in [0.2, 0.25) is 0 Å². The first-order chi connectivity index (χ1) is 11.7. The maximum Gasteiger partial charge on any atom is 0.257 e. The number of rotatable bonds is 3. The number of nitrogens with zero attached hydrogens (tertiary/aromatic N) is 7. The molecule has 3 aromatic heterocycles. The molecule has 122 valence electrons. The second kappa shape index (κ2) is 5.84. The van der Waals surface area contributed by atoms with Gasteiger partial charge in [0.1, 0.15) is 18.5 Å². The third-order valence-corrected chi connectivity index (χ3v) is 3.93. The lowest BCUT2D eigenvalue weighted by Gasteiger charge is -2.27. The van der Waals surface area contributed by atoms with Crippen LogP contribution in [0.4, 0.5) is 4.39 Å². The minimum atomic E-state index is -0.608. The normalized spacial score (nSPS) is 13.8. The first-order valence-corrected chi connectivity index (χ1v) is 7.47. The monoisotopic (exact) mass is 327 g/mol. The van der Waals surface area contributed by atoms with Gasteiger partial charge in [-0.1, -0.05) is 0 Å². The smallest absolute Gasteiger partial charge is 0.257 e. The molecule has 0 aliphatic carbocycles. The zero-order valence-corrected chi connectivity index (χ0v) is 12.7. The van der Waals surface area contributed by atoms with Crippen molar-refractivity contribution in [1.82, 2.24) is 34.2 Å². The Balaban J connectivity index is 1.52. The molecule has 0 bridgehead atoms. The Labute approximate surface area is 136 Å². The molecule has 0 spiro atoms. The lowest BCUT2D eigenvalue weighted by molar-refractivity contribution is 0.0702. The van der Waals surface area contributed by atoms with Gasteiger partial charge >= 0.3 is 0 Å². The van der Waals surface area contributed by atoms with Crippen LogP contribution >= 0.6 is 0 Å². The topological polar surface area (TPSA) is 81.7 Å². The van der Waals surface area contributed by atoms with E-state index in [4.69, 9.17) is 0 Å². The summed E-state index contributed by atoms with van der Waals surface area (Å²) >= 11 is 0. The predicted molar refractivity (Wildman–Crippen MR) is 80.3 cm³/mol. The molecule has 8 nitrogen and oxygen atoms in total. The highest BCUT2D eigenvalue weighted by atomic mass is 19.1. The number of halogens is 1. The second-order valence-electron chi connectivity index (χ2n) is 5.52. The number of aromatic nitrogens is 6. The van der Waals surface area contributed by atoms with Crippen LogP contribution in [-0.4, -0.2) is 46.7 Å². The van der Waals surface area contributed by atoms with Crippen molar-refractivity contribution in [3.63, 3.8) is 0 Å². The van der Waals surface area contributed by atoms with E-state index in [0.717, 1.165) is 17.7 Å². The number of hydrogen-bond donors (Lipinski definition) is 0. The van der Waals surface area contributed by atoms with Gasteiger partial charge in [-0.05, 0) is 6.07 Å². The molecule has 0 atom stereocenters. The van der Waals surface area contributed by atoms with Crippen molar-refractivity contribution in [3.05, 3.63) is 60.2 Å². The van der Waals surface area contributed by atoms with E-state index in [-0.39, 0.29) is 11.5 Å². The zero-order chi connectivity index (χ0) is 16.5. The Morgan fingerprint density at radius 3 is 3.00 bits per heavy atom. The van der Waals surface area contributed by atoms with Gasteiger partial charge in [0, 0.05) is 25.5 Å². The molecule has 0 saturated carbocycles. The zero-order valence-electron chi connectivity index (χ0n) is 12.7. The number of carbonyl (C=O) groups is 1. The Kier molecular flexibility index (Phi) is 3.52. The van der Waals surface area contributed by atoms with Gasteiger partial charge in [0.15, 0.2) is 5.82 Å². The van der Waals surface area contributed by atoms with Crippen molar-refractivity contribution in [1.29, 1.82) is 0 Å². The summed E-state index contributed by atoms with van der Waals surface area (Å²) in [6, 6.07) is 1.40. The third-order valence-electron chi connectivity index (χ3n) is 3.93. The van der Waals surface area contributed by atoms with E-state index in [1.54, 1.807) is 15.9 Å². The van der Waals surface area contributed by atoms with Gasteiger partial charge in [0.25, 0.3) is 5.91 Å². The molecule has 1 aliphatic rings. The molecule has 1 aliphatic heterocycles. The fourth-order valence-electron chi connectivity index (χ4n) is 2.76. The largest absolute Gasteiger partial charge is 0.331 e. The number of fused-ring (bicyclic) bond motifs is 1. The second-order valence-corrected chi connectivity index (χ2v) is 5.52. The Morgan fingerprint density at radius 1 is 1.29 bits per heavy atom. The molecule has 0 unspecified atom stereocenters. The quantitative estimate of drug-likeness (QED) is 0.708. The number of amides is 1. The highest BCUT2D eigenvalue weighted by Crippen LogP contribution is 2.17. The number of imidazole rings is 1. The van der Waals surface area contributed by atoms with Crippen molar-refractivity contribution in [2.45, 2.75) is 19.6 Å². The minimum absolute atomic E-state index is 0.0350. The van der Waals surface area contributed by atoms with E-state index >= 15 is 0 Å². The number of pyridine rings is 1. The van der Waals surface area contributed by atoms with Gasteiger partial charge < -0.3 is 9.47 Å². The van der Waals surface area contributed by atoms with Gasteiger partial charge in [0.2, 0.25) is 0 Å². The van der Waals surface area contributed by atoms with Crippen molar-refractivity contribution in [2.24, 2.45) is 0 Å². The fraction of sp³-hybridized carbons (Fsp3) is 0.267. The summed E-state index contributed by atoms with van der Waals surface area (Å²) in [5, 5.41) is 4.05. The first kappa shape index (κ1) is 14.5. The van der Waals surface area contributed by atoms with Crippen LogP contribution in [0.1, 0.15) is 21.9 Å². The minimum Gasteiger partial charge on any atom is -0.331 e. The van der Waals surface area contributed by atoms with Crippen LogP contribution < -0.4 is 0 Å². The summed E-state index contributed by atoms with van der Waals surface area (Å²) in [6.45, 7) is 2.00. The van der Waals surface area contributed by atoms with E-state index in [1.165, 1.54) is 18.6 Å². The molecule has 0 saturated heterocycles. The summed E-state index contributed by atoms with van der Waals surface area (Å²) in [5.41, 5.74) is 0.882. The van der Waals surface area contributed by atoms with Gasteiger partial charge in [-0.3, -0.25) is 9.78 Å². The van der Waals surface area contributed by atoms with Crippen molar-refractivity contribution in [3.8, 4) is 0 Å². The Bertz CT molecular complexity index is 874. The van der Waals surface area contributed by atoms with Crippen LogP contribution in [-0.2, 0) is 19.6 Å². The van der Waals surface area contributed by atoms with Crippen LogP contribution in [0.15, 0.2) is 37.3 Å². The van der Waals surface area contributed by atoms with Crippen LogP contribution in [0.25, 0.3) is 0 Å². The maximum atomic E-state index is 13.8. The average Bonchev–Trinajstić information content (AvgIpc) is 3.23. The molecular weight excluding hydrogens is 313 g/mol. The highest BCUT2D eigenvalue weighted by molar-refractivity contribution is 5.94. The Hall–Kier alpha value is -3.10. The molecule has 3 aromatic rings. The SMILES string of the molecule is O=C(c1ccncc1F)N1CCn2cc(Cn3cncn3)nc2C1. The van der Waals surface area contributed by atoms with E-state index in [2.05, 4.69) is 20.1 Å². The average molecular weight is 327 g/mol. The van der Waals surface area contributed by atoms with E-state index < -0.39 is 5.82 Å². The van der Waals surface area contributed by atoms with Gasteiger partial charge in [0.05, 0.1) is 30.5 Å². The van der Waals surface area contributed by atoms with E-state index in [0.29, 0.717) is 26.2 Å². The lowest BCUT2D eigenvalue weighted by Crippen LogP contribution is -2.38. The predicted octanol–water partition coefficient (Wildman–Crippen LogP) is 0.713. The third kappa shape index (κ3) is 2.64. The van der Waals surface area contributed by atoms with Crippen LogP contribution in [0, 0.1) is 5.82 Å². The van der Waals surface area contributed by atoms with Crippen molar-refractivity contribution in [2.75, 3.05) is 6.54 Å². The van der Waals surface area contributed by atoms with E-state index in [1.807, 2.05) is 10.8 Å². The highest BCUT2D eigenvalue weighted by Gasteiger charge is 2.25. The molecule has 24 heavy (non-hydrogen) atoms. The Morgan fingerprint density at radius 2 is 2.21 bits per heavy atom. The summed E-state index contributed by atoms with van der Waals surface area (Å²) in [6.07, 6.45) is 7.51. The summed E-state index contributed by atoms with van der Waals surface area (Å²) in [5.74, 6) is -0.176. The first-order valence-electron chi connectivity index (χ1n) is 7.47. The van der Waals surface area contributed by atoms with Crippen LogP contribution in [0.3, 0.4) is 0 Å². The van der Waals surface area contributed by atoms with Gasteiger partial charge in [-0.2, -0.15) is 5.10 Å². The number of hydrogen-bond acceptors (Lipinski definition) is 5. The van der Waals surface area contributed by atoms with Gasteiger partial charge in [-0.15, -0.1) is 0 Å². The number of carbonyl (C=O) groups excluding carboxylic acids is 1. The molecule has 1 amide bonds. The molecular formula is C15H14FN7O. The molecule has 0 radical (unpaired) electrons. The van der Waals surface area contributed by atoms with Crippen molar-refractivity contribution >= 4 is 5.91 Å². The lowest BCUT2D eigenvalue weighted by atomic mass is 10.2. The summed E-state index contributed by atoms with van der Waals surface area (Å²) < 4.78 is 17.5. The standard InChI is InChI=1S/C15H14FN7O/c16-13-5-17-2-1-12(13)15(24)22-4-3-21-6-11(20-14(21)8-22)7-23-10-18-9-19-23/h1-2,5-6,9-10H,3-4,7-8H2. The van der Waals surface area contributed by atoms with Crippen LogP contribution in [0.5, 0.6) is 0 Å². The molecule has 4 heterocycles. The maximum absolute atomic E-state index is 13.8. The summed E-state index contributed by atoms with van der Waals surface area (Å²) in [7, 11) is 0. The molecule has 9 heteroatoms. The molecule has 4 rings (SSSR count).